The van der Waals surface area contributed by atoms with E-state index in [1.165, 1.54) is 0 Å². The fourth-order valence-corrected chi connectivity index (χ4v) is 3.09. The second-order valence-corrected chi connectivity index (χ2v) is 7.26. The fourth-order valence-electron chi connectivity index (χ4n) is 3.09. The summed E-state index contributed by atoms with van der Waals surface area (Å²) in [5.74, 6) is -2.50. The number of carboxylic acids is 2. The summed E-state index contributed by atoms with van der Waals surface area (Å²) in [6.07, 6.45) is 1.64. The van der Waals surface area contributed by atoms with E-state index in [1.54, 1.807) is 30.5 Å². The summed E-state index contributed by atoms with van der Waals surface area (Å²) in [6, 6.07) is 7.12. The lowest BCUT2D eigenvalue weighted by Gasteiger charge is -2.14. The molecule has 0 saturated carbocycles. The van der Waals surface area contributed by atoms with Gasteiger partial charge in [0.15, 0.2) is 5.65 Å². The number of nitrogens with one attached hydrogen (secondary N) is 2. The van der Waals surface area contributed by atoms with Crippen LogP contribution in [0.4, 0.5) is 17.5 Å². The lowest BCUT2D eigenvalue weighted by molar-refractivity contribution is -0.140. The number of fused-ring (bicyclic) bond motifs is 1. The molecule has 172 valence electrons. The molecule has 0 spiro atoms. The zero-order valence-corrected chi connectivity index (χ0v) is 17.5. The lowest BCUT2D eigenvalue weighted by Crippen LogP contribution is -2.40. The molecule has 0 aliphatic rings. The number of amides is 1. The fraction of sp³-hybridized carbons (Fsp3) is 0.238. The van der Waals surface area contributed by atoms with Crippen molar-refractivity contribution in [3.8, 4) is 0 Å². The van der Waals surface area contributed by atoms with Crippen molar-refractivity contribution in [1.82, 2.24) is 20.3 Å². The minimum absolute atomic E-state index is 0.0228. The molecule has 0 fully saturated rings. The highest BCUT2D eigenvalue weighted by molar-refractivity contribution is 5.96. The number of rotatable bonds is 10. The number of hydrogen-bond acceptors (Lipinski definition) is 9. The summed E-state index contributed by atoms with van der Waals surface area (Å²) in [5, 5.41) is 24.1. The SMILES string of the molecule is Nc1nc(N)c2cc(CNc3ccc(C(=O)NC(CCCC(=O)O)C(=O)O)cc3)cnc2n1. The van der Waals surface area contributed by atoms with Crippen LogP contribution < -0.4 is 22.1 Å². The molecule has 0 saturated heterocycles. The molecule has 12 nitrogen and oxygen atoms in total. The van der Waals surface area contributed by atoms with E-state index >= 15 is 0 Å². The summed E-state index contributed by atoms with van der Waals surface area (Å²) >= 11 is 0. The van der Waals surface area contributed by atoms with Gasteiger partial charge in [0.25, 0.3) is 5.91 Å². The maximum absolute atomic E-state index is 12.4. The van der Waals surface area contributed by atoms with Crippen LogP contribution in [0.15, 0.2) is 36.5 Å². The van der Waals surface area contributed by atoms with Crippen molar-refractivity contribution >= 4 is 46.3 Å². The zero-order valence-electron chi connectivity index (χ0n) is 17.5. The van der Waals surface area contributed by atoms with Crippen LogP contribution in [0.2, 0.25) is 0 Å². The molecule has 3 aromatic rings. The Morgan fingerprint density at radius 1 is 1.06 bits per heavy atom. The quantitative estimate of drug-likeness (QED) is 0.257. The van der Waals surface area contributed by atoms with Gasteiger partial charge in [-0.15, -0.1) is 0 Å². The number of pyridine rings is 1. The number of nitrogen functional groups attached to an aromatic ring is 2. The normalized spacial score (nSPS) is 11.6. The predicted octanol–water partition coefficient (Wildman–Crippen LogP) is 1.24. The van der Waals surface area contributed by atoms with Gasteiger partial charge in [0.2, 0.25) is 5.95 Å². The number of carbonyl (C=O) groups excluding carboxylic acids is 1. The first-order valence-electron chi connectivity index (χ1n) is 10.00. The smallest absolute Gasteiger partial charge is 0.326 e. The third-order valence-corrected chi connectivity index (χ3v) is 4.79. The van der Waals surface area contributed by atoms with Crippen LogP contribution in [0.3, 0.4) is 0 Å². The molecule has 33 heavy (non-hydrogen) atoms. The van der Waals surface area contributed by atoms with E-state index in [-0.39, 0.29) is 36.6 Å². The van der Waals surface area contributed by atoms with Crippen molar-refractivity contribution in [2.24, 2.45) is 0 Å². The van der Waals surface area contributed by atoms with Crippen molar-refractivity contribution in [3.63, 3.8) is 0 Å². The Hall–Kier alpha value is -4.48. The van der Waals surface area contributed by atoms with Crippen LogP contribution in [0.25, 0.3) is 11.0 Å². The van der Waals surface area contributed by atoms with Crippen LogP contribution in [-0.2, 0) is 16.1 Å². The summed E-state index contributed by atoms with van der Waals surface area (Å²) in [4.78, 5) is 46.5. The molecular weight excluding hydrogens is 430 g/mol. The van der Waals surface area contributed by atoms with Gasteiger partial charge in [0.05, 0.1) is 5.39 Å². The number of anilines is 3. The average molecular weight is 453 g/mol. The maximum Gasteiger partial charge on any atom is 0.326 e. The van der Waals surface area contributed by atoms with Crippen LogP contribution in [0, 0.1) is 0 Å². The standard InChI is InChI=1S/C21H23N7O5/c22-17-14-8-11(10-25-18(14)28-21(23)27-17)9-24-13-6-4-12(5-7-13)19(31)26-15(20(32)33)2-1-3-16(29)30/h4-8,10,15,24H,1-3,9H2,(H,26,31)(H,29,30)(H,32,33)(H4,22,23,25,27,28). The van der Waals surface area contributed by atoms with Crippen molar-refractivity contribution in [2.75, 3.05) is 16.8 Å². The topological polar surface area (TPSA) is 206 Å². The third-order valence-electron chi connectivity index (χ3n) is 4.79. The lowest BCUT2D eigenvalue weighted by atomic mass is 10.1. The van der Waals surface area contributed by atoms with Crippen molar-refractivity contribution in [3.05, 3.63) is 47.7 Å². The van der Waals surface area contributed by atoms with Crippen LogP contribution >= 0.6 is 0 Å². The maximum atomic E-state index is 12.4. The first-order chi connectivity index (χ1) is 15.7. The van der Waals surface area contributed by atoms with Crippen LogP contribution in [0.5, 0.6) is 0 Å². The number of nitrogens with two attached hydrogens (primary N) is 2. The Morgan fingerprint density at radius 2 is 1.79 bits per heavy atom. The second-order valence-electron chi connectivity index (χ2n) is 7.26. The molecule has 1 unspecified atom stereocenters. The molecule has 2 heterocycles. The molecule has 0 aliphatic heterocycles. The molecule has 1 amide bonds. The summed E-state index contributed by atoms with van der Waals surface area (Å²) in [6.45, 7) is 0.420. The van der Waals surface area contributed by atoms with Gasteiger partial charge in [-0.25, -0.2) is 9.78 Å². The van der Waals surface area contributed by atoms with Gasteiger partial charge >= 0.3 is 11.9 Å². The number of nitrogens with zero attached hydrogens (tertiary/aromatic N) is 3. The van der Waals surface area contributed by atoms with Crippen LogP contribution in [-0.4, -0.2) is 49.1 Å². The van der Waals surface area contributed by atoms with E-state index in [2.05, 4.69) is 25.6 Å². The molecule has 12 heteroatoms. The van der Waals surface area contributed by atoms with Crippen LogP contribution in [0.1, 0.15) is 35.2 Å². The number of benzene rings is 1. The molecule has 1 atom stereocenters. The number of hydrogen-bond donors (Lipinski definition) is 6. The van der Waals surface area contributed by atoms with Gasteiger partial charge in [0, 0.05) is 30.4 Å². The van der Waals surface area contributed by atoms with Crippen molar-refractivity contribution in [1.29, 1.82) is 0 Å². The van der Waals surface area contributed by atoms with Gasteiger partial charge in [-0.2, -0.15) is 9.97 Å². The third kappa shape index (κ3) is 6.26. The monoisotopic (exact) mass is 453 g/mol. The Labute approximate surface area is 188 Å². The Bertz CT molecular complexity index is 1180. The minimum Gasteiger partial charge on any atom is -0.481 e. The van der Waals surface area contributed by atoms with E-state index in [4.69, 9.17) is 16.6 Å². The largest absolute Gasteiger partial charge is 0.481 e. The predicted molar refractivity (Wildman–Crippen MR) is 120 cm³/mol. The molecule has 3 rings (SSSR count). The van der Waals surface area contributed by atoms with E-state index in [0.29, 0.717) is 17.6 Å². The highest BCUT2D eigenvalue weighted by Gasteiger charge is 2.20. The highest BCUT2D eigenvalue weighted by Crippen LogP contribution is 2.19. The van der Waals surface area contributed by atoms with Crippen molar-refractivity contribution < 1.29 is 24.6 Å². The average Bonchev–Trinajstić information content (AvgIpc) is 2.77. The summed E-state index contributed by atoms with van der Waals surface area (Å²) in [7, 11) is 0. The van der Waals surface area contributed by atoms with Gasteiger partial charge in [-0.3, -0.25) is 9.59 Å². The Balaban J connectivity index is 1.59. The minimum atomic E-state index is -1.22. The van der Waals surface area contributed by atoms with Gasteiger partial charge < -0.3 is 32.3 Å². The first-order valence-corrected chi connectivity index (χ1v) is 10.00. The first kappa shape index (κ1) is 23.2. The number of carbonyl (C=O) groups is 3. The zero-order chi connectivity index (χ0) is 24.0. The summed E-state index contributed by atoms with van der Waals surface area (Å²) in [5.41, 5.74) is 13.7. The van der Waals surface area contributed by atoms with E-state index in [0.717, 1.165) is 11.3 Å². The van der Waals surface area contributed by atoms with E-state index in [1.807, 2.05) is 6.07 Å². The molecular formula is C21H23N7O5. The Morgan fingerprint density at radius 3 is 2.45 bits per heavy atom. The number of aliphatic carboxylic acids is 2. The summed E-state index contributed by atoms with van der Waals surface area (Å²) < 4.78 is 0. The number of carboxylic acid groups (broad SMARTS) is 2. The second kappa shape index (κ2) is 10.2. The van der Waals surface area contributed by atoms with Gasteiger partial charge in [-0.1, -0.05) is 0 Å². The highest BCUT2D eigenvalue weighted by atomic mass is 16.4. The number of aromatic nitrogens is 3. The molecule has 0 bridgehead atoms. The van der Waals surface area contributed by atoms with Gasteiger partial charge in [-0.05, 0) is 48.7 Å². The molecule has 1 aromatic carbocycles. The molecule has 0 radical (unpaired) electrons. The molecule has 2 aromatic heterocycles. The van der Waals surface area contributed by atoms with E-state index in [9.17, 15) is 19.5 Å². The Kier molecular flexibility index (Phi) is 7.18. The van der Waals surface area contributed by atoms with E-state index < -0.39 is 23.9 Å². The van der Waals surface area contributed by atoms with Gasteiger partial charge in [0.1, 0.15) is 11.9 Å². The van der Waals surface area contributed by atoms with Crippen molar-refractivity contribution in [2.45, 2.75) is 31.8 Å². The molecule has 0 aliphatic carbocycles. The molecule has 8 N–H and O–H groups in total.